The quantitative estimate of drug-likeness (QED) is 0.751. The van der Waals surface area contributed by atoms with Crippen LogP contribution < -0.4 is 16.0 Å². The summed E-state index contributed by atoms with van der Waals surface area (Å²) in [6.07, 6.45) is 1.42. The Morgan fingerprint density at radius 1 is 1.15 bits per heavy atom. The lowest BCUT2D eigenvalue weighted by Crippen LogP contribution is -2.31. The highest BCUT2D eigenvalue weighted by Gasteiger charge is 2.14. The van der Waals surface area contributed by atoms with Gasteiger partial charge in [-0.2, -0.15) is 0 Å². The van der Waals surface area contributed by atoms with Crippen LogP contribution in [0, 0.1) is 20.8 Å². The minimum atomic E-state index is -0.113. The Kier molecular flexibility index (Phi) is 4.71. The smallest absolute Gasteiger partial charge is 0.243 e. The first-order chi connectivity index (χ1) is 12.3. The van der Waals surface area contributed by atoms with E-state index in [4.69, 9.17) is 5.73 Å². The molecule has 0 aliphatic carbocycles. The molecule has 2 aromatic heterocycles. The predicted molar refractivity (Wildman–Crippen MR) is 104 cm³/mol. The second-order valence-electron chi connectivity index (χ2n) is 6.48. The van der Waals surface area contributed by atoms with Crippen molar-refractivity contribution in [2.45, 2.75) is 20.8 Å². The van der Waals surface area contributed by atoms with Crippen molar-refractivity contribution in [3.05, 3.63) is 47.3 Å². The zero-order chi connectivity index (χ0) is 18.8. The Hall–Kier alpha value is -3.22. The molecule has 134 valence electrons. The van der Waals surface area contributed by atoms with E-state index in [0.717, 1.165) is 22.2 Å². The van der Waals surface area contributed by atoms with E-state index in [2.05, 4.69) is 32.4 Å². The molecular weight excluding hydrogens is 328 g/mol. The number of likely N-dealkylation sites (N-methyl/N-ethyl adjacent to an activating group) is 1. The predicted octanol–water partition coefficient (Wildman–Crippen LogP) is 2.61. The van der Waals surface area contributed by atoms with Crippen LogP contribution in [-0.2, 0) is 4.79 Å². The van der Waals surface area contributed by atoms with Gasteiger partial charge in [0.1, 0.15) is 18.0 Å². The average Bonchev–Trinajstić information content (AvgIpc) is 2.57. The summed E-state index contributed by atoms with van der Waals surface area (Å²) in [6.45, 7) is 6.18. The molecule has 1 aromatic carbocycles. The van der Waals surface area contributed by atoms with E-state index < -0.39 is 0 Å². The van der Waals surface area contributed by atoms with Gasteiger partial charge in [-0.15, -0.1) is 0 Å². The summed E-state index contributed by atoms with van der Waals surface area (Å²) in [5.41, 5.74) is 10.3. The number of nitrogen functional groups attached to an aromatic ring is 1. The number of anilines is 3. The van der Waals surface area contributed by atoms with Gasteiger partial charge in [0, 0.05) is 12.7 Å². The van der Waals surface area contributed by atoms with Gasteiger partial charge in [0.25, 0.3) is 0 Å². The Morgan fingerprint density at radius 2 is 1.85 bits per heavy atom. The summed E-state index contributed by atoms with van der Waals surface area (Å²) in [4.78, 5) is 26.9. The number of carbonyl (C=O) groups excluding carboxylic acids is 1. The molecule has 0 fully saturated rings. The molecule has 0 bridgehead atoms. The van der Waals surface area contributed by atoms with Gasteiger partial charge in [-0.25, -0.2) is 15.0 Å². The molecule has 1 amide bonds. The topological polar surface area (TPSA) is 97.0 Å². The minimum absolute atomic E-state index is 0.113. The van der Waals surface area contributed by atoms with E-state index in [0.29, 0.717) is 17.3 Å². The van der Waals surface area contributed by atoms with E-state index in [1.165, 1.54) is 11.9 Å². The maximum absolute atomic E-state index is 12.5. The van der Waals surface area contributed by atoms with Gasteiger partial charge in [0.2, 0.25) is 5.91 Å². The Bertz CT molecular complexity index is 962. The average molecular weight is 350 g/mol. The summed E-state index contributed by atoms with van der Waals surface area (Å²) in [6, 6.07) is 7.62. The van der Waals surface area contributed by atoms with Crippen molar-refractivity contribution in [2.24, 2.45) is 0 Å². The fourth-order valence-electron chi connectivity index (χ4n) is 3.09. The van der Waals surface area contributed by atoms with Crippen LogP contribution in [0.1, 0.15) is 16.7 Å². The molecule has 0 aliphatic heterocycles. The van der Waals surface area contributed by atoms with Crippen molar-refractivity contribution in [1.29, 1.82) is 0 Å². The Balaban J connectivity index is 1.80. The third-order valence-corrected chi connectivity index (χ3v) is 4.18. The third kappa shape index (κ3) is 3.56. The Labute approximate surface area is 152 Å². The molecule has 3 aromatic rings. The van der Waals surface area contributed by atoms with Gasteiger partial charge in [-0.1, -0.05) is 17.7 Å². The van der Waals surface area contributed by atoms with Crippen molar-refractivity contribution in [3.8, 4) is 0 Å². The molecule has 0 aliphatic rings. The van der Waals surface area contributed by atoms with Gasteiger partial charge in [0.15, 0.2) is 5.65 Å². The fourth-order valence-corrected chi connectivity index (χ4v) is 3.09. The van der Waals surface area contributed by atoms with Gasteiger partial charge in [0.05, 0.1) is 11.9 Å². The summed E-state index contributed by atoms with van der Waals surface area (Å²) in [5.74, 6) is 0.917. The monoisotopic (exact) mass is 350 g/mol. The molecule has 0 saturated heterocycles. The number of carbonyl (C=O) groups is 1. The van der Waals surface area contributed by atoms with Crippen LogP contribution in [-0.4, -0.2) is 34.5 Å². The molecule has 0 atom stereocenters. The lowest BCUT2D eigenvalue weighted by Gasteiger charge is -2.20. The molecule has 26 heavy (non-hydrogen) atoms. The van der Waals surface area contributed by atoms with Crippen LogP contribution >= 0.6 is 0 Å². The van der Waals surface area contributed by atoms with Crippen molar-refractivity contribution >= 4 is 34.3 Å². The molecule has 2 heterocycles. The number of pyridine rings is 1. The number of aryl methyl sites for hydroxylation is 3. The lowest BCUT2D eigenvalue weighted by molar-refractivity contribution is -0.114. The van der Waals surface area contributed by atoms with E-state index in [9.17, 15) is 4.79 Å². The second-order valence-corrected chi connectivity index (χ2v) is 6.48. The van der Waals surface area contributed by atoms with E-state index in [1.54, 1.807) is 11.0 Å². The number of benzene rings is 1. The zero-order valence-corrected chi connectivity index (χ0v) is 15.4. The van der Waals surface area contributed by atoms with E-state index >= 15 is 0 Å². The van der Waals surface area contributed by atoms with Crippen LogP contribution in [0.5, 0.6) is 0 Å². The van der Waals surface area contributed by atoms with Crippen molar-refractivity contribution < 1.29 is 4.79 Å². The highest BCUT2D eigenvalue weighted by atomic mass is 16.2. The minimum Gasteiger partial charge on any atom is -0.384 e. The summed E-state index contributed by atoms with van der Waals surface area (Å²) < 4.78 is 0. The third-order valence-electron chi connectivity index (χ3n) is 4.18. The number of hydrogen-bond acceptors (Lipinski definition) is 6. The number of nitrogens with zero attached hydrogens (tertiary/aromatic N) is 4. The normalized spacial score (nSPS) is 10.8. The molecule has 7 nitrogen and oxygen atoms in total. The number of amides is 1. The van der Waals surface area contributed by atoms with Gasteiger partial charge >= 0.3 is 0 Å². The summed E-state index contributed by atoms with van der Waals surface area (Å²) in [5, 5.41) is 3.75. The molecule has 3 N–H and O–H groups in total. The van der Waals surface area contributed by atoms with Gasteiger partial charge < -0.3 is 16.0 Å². The standard InChI is InChI=1S/C19H22N6O/c1-11-7-12(2)17(13(3)8-11)24-16(26)9-25(4)19-14-5-6-15(20)23-18(14)21-10-22-19/h5-8,10H,9H2,1-4H3,(H,24,26)(H2,20,21,22,23). The Morgan fingerprint density at radius 3 is 2.54 bits per heavy atom. The first-order valence-corrected chi connectivity index (χ1v) is 8.31. The van der Waals surface area contributed by atoms with E-state index in [-0.39, 0.29) is 12.5 Å². The molecule has 0 radical (unpaired) electrons. The maximum atomic E-state index is 12.5. The molecule has 0 spiro atoms. The molecule has 3 rings (SSSR count). The number of nitrogens with one attached hydrogen (secondary N) is 1. The number of aromatic nitrogens is 3. The lowest BCUT2D eigenvalue weighted by atomic mass is 10.1. The summed E-state index contributed by atoms with van der Waals surface area (Å²) in [7, 11) is 1.81. The van der Waals surface area contributed by atoms with Crippen LogP contribution in [0.25, 0.3) is 11.0 Å². The van der Waals surface area contributed by atoms with E-state index in [1.807, 2.05) is 33.9 Å². The zero-order valence-electron chi connectivity index (χ0n) is 15.4. The largest absolute Gasteiger partial charge is 0.384 e. The number of fused-ring (bicyclic) bond motifs is 1. The highest BCUT2D eigenvalue weighted by molar-refractivity contribution is 5.97. The van der Waals surface area contributed by atoms with Crippen molar-refractivity contribution in [3.63, 3.8) is 0 Å². The maximum Gasteiger partial charge on any atom is 0.243 e. The highest BCUT2D eigenvalue weighted by Crippen LogP contribution is 2.23. The van der Waals surface area contributed by atoms with Crippen LogP contribution in [0.2, 0.25) is 0 Å². The SMILES string of the molecule is Cc1cc(C)c(NC(=O)CN(C)c2ncnc3nc(N)ccc23)c(C)c1. The number of nitrogens with two attached hydrogens (primary N) is 1. The van der Waals surface area contributed by atoms with Crippen LogP contribution in [0.15, 0.2) is 30.6 Å². The molecular formula is C19H22N6O. The number of rotatable bonds is 4. The molecule has 0 saturated carbocycles. The molecule has 7 heteroatoms. The van der Waals surface area contributed by atoms with Crippen LogP contribution in [0.3, 0.4) is 0 Å². The number of hydrogen-bond donors (Lipinski definition) is 2. The van der Waals surface area contributed by atoms with Gasteiger partial charge in [-0.05, 0) is 44.0 Å². The van der Waals surface area contributed by atoms with Crippen molar-refractivity contribution in [2.75, 3.05) is 29.5 Å². The summed E-state index contributed by atoms with van der Waals surface area (Å²) >= 11 is 0. The van der Waals surface area contributed by atoms with Crippen LogP contribution in [0.4, 0.5) is 17.3 Å². The molecule has 0 unspecified atom stereocenters. The van der Waals surface area contributed by atoms with Crippen molar-refractivity contribution in [1.82, 2.24) is 15.0 Å². The fraction of sp³-hybridized carbons (Fsp3) is 0.263. The second kappa shape index (κ2) is 6.95. The van der Waals surface area contributed by atoms with Gasteiger partial charge in [-0.3, -0.25) is 4.79 Å². The first kappa shape index (κ1) is 17.6. The first-order valence-electron chi connectivity index (χ1n) is 8.31.